The van der Waals surface area contributed by atoms with Gasteiger partial charge in [-0.1, -0.05) is 36.8 Å². The lowest BCUT2D eigenvalue weighted by Crippen LogP contribution is -2.37. The Morgan fingerprint density at radius 2 is 1.82 bits per heavy atom. The molecule has 0 spiro atoms. The number of anilines is 1. The Morgan fingerprint density at radius 3 is 2.41 bits per heavy atom. The molecule has 1 aromatic carbocycles. The van der Waals surface area contributed by atoms with Gasteiger partial charge < -0.3 is 5.73 Å². The summed E-state index contributed by atoms with van der Waals surface area (Å²) in [5, 5.41) is 0. The number of nitrogens with zero attached hydrogens (tertiary/aromatic N) is 3. The zero-order valence-corrected chi connectivity index (χ0v) is 9.50. The average Bonchev–Trinajstić information content (AvgIpc) is 2.29. The second-order valence-corrected chi connectivity index (χ2v) is 4.47. The molecule has 0 amide bonds. The third-order valence-electron chi connectivity index (χ3n) is 3.55. The van der Waals surface area contributed by atoms with Gasteiger partial charge >= 0.3 is 0 Å². The van der Waals surface area contributed by atoms with E-state index in [0.717, 1.165) is 18.7 Å². The zero-order chi connectivity index (χ0) is 11.7. The molecule has 4 nitrogen and oxygen atoms in total. The van der Waals surface area contributed by atoms with E-state index in [2.05, 4.69) is 39.2 Å². The van der Waals surface area contributed by atoms with Crippen molar-refractivity contribution in [3.63, 3.8) is 0 Å². The number of rotatable bonds is 2. The fourth-order valence-electron chi connectivity index (χ4n) is 2.47. The van der Waals surface area contributed by atoms with Crippen LogP contribution in [-0.2, 0) is 5.41 Å². The summed E-state index contributed by atoms with van der Waals surface area (Å²) < 4.78 is 0. The third kappa shape index (κ3) is 1.56. The van der Waals surface area contributed by atoms with Gasteiger partial charge in [0, 0.05) is 0 Å². The molecule has 17 heavy (non-hydrogen) atoms. The number of benzene rings is 1. The van der Waals surface area contributed by atoms with Crippen LogP contribution in [0.2, 0.25) is 0 Å². The molecule has 2 aromatic rings. The van der Waals surface area contributed by atoms with E-state index >= 15 is 0 Å². The first-order chi connectivity index (χ1) is 8.31. The Labute approximate surface area is 99.9 Å². The maximum Gasteiger partial charge on any atom is 0.223 e. The maximum absolute atomic E-state index is 5.65. The van der Waals surface area contributed by atoms with Gasteiger partial charge in [0.05, 0.1) is 5.41 Å². The summed E-state index contributed by atoms with van der Waals surface area (Å²) in [5.41, 5.74) is 6.88. The lowest BCUT2D eigenvalue weighted by Gasteiger charge is -2.40. The molecule has 0 aliphatic heterocycles. The van der Waals surface area contributed by atoms with Crippen LogP contribution in [0.15, 0.2) is 36.7 Å². The van der Waals surface area contributed by atoms with Crippen molar-refractivity contribution in [2.45, 2.75) is 24.7 Å². The van der Waals surface area contributed by atoms with Crippen LogP contribution in [-0.4, -0.2) is 15.0 Å². The molecule has 1 fully saturated rings. The minimum absolute atomic E-state index is 0.0433. The minimum Gasteiger partial charge on any atom is -0.368 e. The largest absolute Gasteiger partial charge is 0.368 e. The Hall–Kier alpha value is -1.97. The van der Waals surface area contributed by atoms with Crippen LogP contribution in [0, 0.1) is 0 Å². The highest BCUT2D eigenvalue weighted by molar-refractivity contribution is 5.36. The predicted molar refractivity (Wildman–Crippen MR) is 65.3 cm³/mol. The van der Waals surface area contributed by atoms with E-state index in [0.29, 0.717) is 5.95 Å². The quantitative estimate of drug-likeness (QED) is 0.849. The molecular formula is C13H14N4. The number of aromatic nitrogens is 3. The molecule has 86 valence electrons. The second kappa shape index (κ2) is 3.80. The normalized spacial score (nSPS) is 17.4. The first kappa shape index (κ1) is 10.2. The molecule has 0 bridgehead atoms. The molecule has 1 aliphatic rings. The average molecular weight is 226 g/mol. The number of hydrogen-bond acceptors (Lipinski definition) is 4. The Bertz CT molecular complexity index is 520. The van der Waals surface area contributed by atoms with Crippen molar-refractivity contribution in [1.29, 1.82) is 0 Å². The Morgan fingerprint density at radius 1 is 1.06 bits per heavy atom. The van der Waals surface area contributed by atoms with Crippen LogP contribution >= 0.6 is 0 Å². The lowest BCUT2D eigenvalue weighted by molar-refractivity contribution is 0.284. The molecule has 2 N–H and O–H groups in total. The molecule has 3 rings (SSSR count). The van der Waals surface area contributed by atoms with Crippen molar-refractivity contribution < 1.29 is 0 Å². The highest BCUT2D eigenvalue weighted by Crippen LogP contribution is 2.47. The van der Waals surface area contributed by atoms with Gasteiger partial charge in [-0.25, -0.2) is 9.97 Å². The minimum atomic E-state index is -0.0433. The summed E-state index contributed by atoms with van der Waals surface area (Å²) in [6.45, 7) is 0. The van der Waals surface area contributed by atoms with E-state index in [1.54, 1.807) is 0 Å². The predicted octanol–water partition coefficient (Wildman–Crippen LogP) is 1.92. The standard InChI is InChI=1S/C13H14N4/c14-12-16-9-15-11(17-12)13(7-4-8-13)10-5-2-1-3-6-10/h1-3,5-6,9H,4,7-8H2,(H2,14,15,16,17). The van der Waals surface area contributed by atoms with Gasteiger partial charge in [-0.15, -0.1) is 0 Å². The van der Waals surface area contributed by atoms with Crippen LogP contribution in [0.1, 0.15) is 30.7 Å². The van der Waals surface area contributed by atoms with Gasteiger partial charge in [-0.2, -0.15) is 4.98 Å². The summed E-state index contributed by atoms with van der Waals surface area (Å²) >= 11 is 0. The molecule has 0 atom stereocenters. The highest BCUT2D eigenvalue weighted by Gasteiger charge is 2.43. The van der Waals surface area contributed by atoms with Gasteiger partial charge in [0.25, 0.3) is 0 Å². The molecule has 1 aromatic heterocycles. The van der Waals surface area contributed by atoms with E-state index in [-0.39, 0.29) is 5.41 Å². The molecule has 0 unspecified atom stereocenters. The first-order valence-corrected chi connectivity index (χ1v) is 5.82. The van der Waals surface area contributed by atoms with E-state index in [4.69, 9.17) is 5.73 Å². The molecule has 4 heteroatoms. The first-order valence-electron chi connectivity index (χ1n) is 5.82. The van der Waals surface area contributed by atoms with Gasteiger partial charge in [0.1, 0.15) is 12.2 Å². The van der Waals surface area contributed by atoms with E-state index in [9.17, 15) is 0 Å². The SMILES string of the molecule is Nc1ncnc(C2(c3ccccc3)CCC2)n1. The molecule has 0 radical (unpaired) electrons. The smallest absolute Gasteiger partial charge is 0.223 e. The fourth-order valence-corrected chi connectivity index (χ4v) is 2.47. The number of nitrogen functional groups attached to an aromatic ring is 1. The number of nitrogens with two attached hydrogens (primary N) is 1. The van der Waals surface area contributed by atoms with Crippen LogP contribution in [0.3, 0.4) is 0 Å². The van der Waals surface area contributed by atoms with Crippen molar-refractivity contribution in [3.05, 3.63) is 48.0 Å². The van der Waals surface area contributed by atoms with Crippen molar-refractivity contribution in [1.82, 2.24) is 15.0 Å². The molecule has 1 aliphatic carbocycles. The van der Waals surface area contributed by atoms with Crippen LogP contribution < -0.4 is 5.73 Å². The molecule has 1 saturated carbocycles. The van der Waals surface area contributed by atoms with Gasteiger partial charge in [-0.3, -0.25) is 0 Å². The van der Waals surface area contributed by atoms with E-state index in [1.165, 1.54) is 18.3 Å². The Kier molecular flexibility index (Phi) is 2.28. The van der Waals surface area contributed by atoms with Crippen LogP contribution in [0.5, 0.6) is 0 Å². The van der Waals surface area contributed by atoms with Crippen molar-refractivity contribution in [2.24, 2.45) is 0 Å². The monoisotopic (exact) mass is 226 g/mol. The maximum atomic E-state index is 5.65. The molecule has 1 heterocycles. The topological polar surface area (TPSA) is 64.7 Å². The van der Waals surface area contributed by atoms with Crippen LogP contribution in [0.4, 0.5) is 5.95 Å². The highest BCUT2D eigenvalue weighted by atomic mass is 15.1. The van der Waals surface area contributed by atoms with Gasteiger partial charge in [-0.05, 0) is 18.4 Å². The van der Waals surface area contributed by atoms with Gasteiger partial charge in [0.15, 0.2) is 0 Å². The summed E-state index contributed by atoms with van der Waals surface area (Å²) in [4.78, 5) is 12.5. The summed E-state index contributed by atoms with van der Waals surface area (Å²) in [6, 6.07) is 10.4. The van der Waals surface area contributed by atoms with Crippen molar-refractivity contribution >= 4 is 5.95 Å². The zero-order valence-electron chi connectivity index (χ0n) is 9.50. The summed E-state index contributed by atoms with van der Waals surface area (Å²) in [6.07, 6.45) is 4.88. The molecular weight excluding hydrogens is 212 g/mol. The van der Waals surface area contributed by atoms with Gasteiger partial charge in [0.2, 0.25) is 5.95 Å². The fraction of sp³-hybridized carbons (Fsp3) is 0.308. The van der Waals surface area contributed by atoms with Crippen LogP contribution in [0.25, 0.3) is 0 Å². The van der Waals surface area contributed by atoms with E-state index in [1.807, 2.05) is 6.07 Å². The van der Waals surface area contributed by atoms with E-state index < -0.39 is 0 Å². The van der Waals surface area contributed by atoms with Crippen molar-refractivity contribution in [3.8, 4) is 0 Å². The number of hydrogen-bond donors (Lipinski definition) is 1. The third-order valence-corrected chi connectivity index (χ3v) is 3.55. The Balaban J connectivity index is 2.09. The van der Waals surface area contributed by atoms with Crippen molar-refractivity contribution in [2.75, 3.05) is 5.73 Å². The summed E-state index contributed by atoms with van der Waals surface area (Å²) in [7, 11) is 0. The molecule has 0 saturated heterocycles. The summed E-state index contributed by atoms with van der Waals surface area (Å²) in [5.74, 6) is 1.11. The lowest BCUT2D eigenvalue weighted by atomic mass is 9.64. The second-order valence-electron chi connectivity index (χ2n) is 4.47.